The average Bonchev–Trinajstić information content (AvgIpc) is 3.22. The Kier molecular flexibility index (Phi) is 14.4. The Morgan fingerprint density at radius 3 is 1.32 bits per heavy atom. The number of carboxylic acid groups (broad SMARTS) is 1. The highest BCUT2D eigenvalue weighted by atomic mass is 35.5. The lowest BCUT2D eigenvalue weighted by atomic mass is 10.0. The summed E-state index contributed by atoms with van der Waals surface area (Å²) < 4.78 is 79.6. The van der Waals surface area contributed by atoms with Gasteiger partial charge in [0.2, 0.25) is 0 Å². The number of carbonyl (C=O) groups is 3. The van der Waals surface area contributed by atoms with Crippen LogP contribution in [0, 0.1) is 46.2 Å². The van der Waals surface area contributed by atoms with Crippen molar-refractivity contribution in [2.75, 3.05) is 5.32 Å². The van der Waals surface area contributed by atoms with Crippen LogP contribution in [0.4, 0.5) is 32.0 Å². The quantitative estimate of drug-likeness (QED) is 0.0779. The number of aromatic carboxylic acids is 1. The number of carboxylic acids is 1. The van der Waals surface area contributed by atoms with E-state index in [-0.39, 0.29) is 50.4 Å². The molecule has 0 bridgehead atoms. The highest BCUT2D eigenvalue weighted by Gasteiger charge is 2.17. The summed E-state index contributed by atoms with van der Waals surface area (Å²) in [5.74, 6) is -7.37. The number of nitrogens with one attached hydrogen (secondary N) is 1. The summed E-state index contributed by atoms with van der Waals surface area (Å²) in [6, 6.07) is 29.0. The fraction of sp³-hybridized carbons (Fsp3) is 0. The van der Waals surface area contributed by atoms with E-state index in [1.165, 1.54) is 66.7 Å². The molecule has 1 amide bonds. The van der Waals surface area contributed by atoms with E-state index >= 15 is 0 Å². The number of hydrogen-bond acceptors (Lipinski definition) is 7. The van der Waals surface area contributed by atoms with Crippen LogP contribution in [0.5, 0.6) is 17.2 Å². The van der Waals surface area contributed by atoms with Crippen LogP contribution in [0.2, 0.25) is 0 Å². The molecule has 7 aromatic rings. The standard InChI is InChI=1S/C20H12F2N2O2.C13H7ClF2O2.C13H8F2O3/c21-14-5-6-16(18(22)10-14)13-4-7-19(25)17(9-13)20(26)24-15-3-1-2-12(8-15)11-23;14-13(18)10-5-7(1-4-12(10)17)9-3-2-8(15)6-11(9)16;14-8-2-3-9(11(15)6-8)7-1-4-12(16)10(5-7)13(17)18/h1-10,25H,(H,24,26);1-6,17H;1-6,16H,(H,17,18). The zero-order chi connectivity index (χ0) is 45.2. The van der Waals surface area contributed by atoms with E-state index in [2.05, 4.69) is 5.32 Å². The number of amides is 1. The fourth-order valence-corrected chi connectivity index (χ4v) is 5.81. The van der Waals surface area contributed by atoms with Crippen LogP contribution in [0.25, 0.3) is 33.4 Å². The van der Waals surface area contributed by atoms with Crippen molar-refractivity contribution in [3.05, 3.63) is 191 Å². The summed E-state index contributed by atoms with van der Waals surface area (Å²) in [6.45, 7) is 0. The van der Waals surface area contributed by atoms with Crippen LogP contribution in [0.3, 0.4) is 0 Å². The molecule has 0 atom stereocenters. The minimum absolute atomic E-state index is 0.0684. The van der Waals surface area contributed by atoms with Crippen molar-refractivity contribution in [2.24, 2.45) is 0 Å². The summed E-state index contributed by atoms with van der Waals surface area (Å²) >= 11 is 5.28. The predicted molar refractivity (Wildman–Crippen MR) is 217 cm³/mol. The van der Waals surface area contributed by atoms with Crippen LogP contribution >= 0.6 is 11.6 Å². The molecule has 0 unspecified atom stereocenters. The number of phenols is 3. The number of halogens is 7. The molecule has 312 valence electrons. The van der Waals surface area contributed by atoms with E-state index in [1.54, 1.807) is 18.2 Å². The van der Waals surface area contributed by atoms with Gasteiger partial charge in [0, 0.05) is 40.6 Å². The van der Waals surface area contributed by atoms with Gasteiger partial charge in [-0.3, -0.25) is 9.59 Å². The molecule has 5 N–H and O–H groups in total. The zero-order valence-corrected chi connectivity index (χ0v) is 32.1. The van der Waals surface area contributed by atoms with Gasteiger partial charge < -0.3 is 25.7 Å². The van der Waals surface area contributed by atoms with Crippen molar-refractivity contribution < 1.29 is 61.2 Å². The number of nitriles is 1. The normalized spacial score (nSPS) is 10.3. The molecule has 0 spiro atoms. The second-order valence-electron chi connectivity index (χ2n) is 12.8. The number of hydrogen-bond donors (Lipinski definition) is 5. The molecule has 62 heavy (non-hydrogen) atoms. The summed E-state index contributed by atoms with van der Waals surface area (Å²) in [5.41, 5.74) is 1.40. The first-order chi connectivity index (χ1) is 29.4. The number of anilines is 1. The maximum absolute atomic E-state index is 14.0. The van der Waals surface area contributed by atoms with Gasteiger partial charge in [0.05, 0.1) is 22.8 Å². The average molecular weight is 869 g/mol. The topological polar surface area (TPSA) is 168 Å². The summed E-state index contributed by atoms with van der Waals surface area (Å²) in [5, 5.41) is 48.2. The fourth-order valence-electron chi connectivity index (χ4n) is 5.66. The van der Waals surface area contributed by atoms with E-state index in [4.69, 9.17) is 22.0 Å². The van der Waals surface area contributed by atoms with Gasteiger partial charge in [-0.25, -0.2) is 31.1 Å². The molecule has 0 radical (unpaired) electrons. The SMILES string of the molecule is N#Cc1cccc(NC(=O)c2cc(-c3ccc(F)cc3F)ccc2O)c1.O=C(Cl)c1cc(-c2ccc(F)cc2F)ccc1O.O=C(O)c1cc(-c2ccc(F)cc2F)ccc1O. The lowest BCUT2D eigenvalue weighted by molar-refractivity contribution is 0.0693. The third-order valence-corrected chi connectivity index (χ3v) is 8.86. The Labute approximate surface area is 352 Å². The number of rotatable bonds is 7. The van der Waals surface area contributed by atoms with Gasteiger partial charge in [0.25, 0.3) is 11.1 Å². The molecule has 0 aromatic heterocycles. The van der Waals surface area contributed by atoms with Crippen LogP contribution in [0.1, 0.15) is 36.6 Å². The molecule has 7 rings (SSSR count). The molecule has 16 heteroatoms. The maximum atomic E-state index is 14.0. The van der Waals surface area contributed by atoms with Gasteiger partial charge in [0.1, 0.15) is 57.7 Å². The molecular weight excluding hydrogens is 842 g/mol. The molecule has 0 saturated heterocycles. The molecule has 0 aliphatic heterocycles. The monoisotopic (exact) mass is 868 g/mol. The van der Waals surface area contributed by atoms with Crippen molar-refractivity contribution in [3.8, 4) is 56.7 Å². The van der Waals surface area contributed by atoms with Gasteiger partial charge in [-0.05, 0) is 119 Å². The van der Waals surface area contributed by atoms with Gasteiger partial charge >= 0.3 is 5.97 Å². The Morgan fingerprint density at radius 2 is 0.919 bits per heavy atom. The van der Waals surface area contributed by atoms with Crippen LogP contribution in [0.15, 0.2) is 133 Å². The molecule has 0 saturated carbocycles. The smallest absolute Gasteiger partial charge is 0.339 e. The molecule has 0 fully saturated rings. The largest absolute Gasteiger partial charge is 0.507 e. The Balaban J connectivity index is 0.000000181. The number of benzene rings is 7. The number of nitrogens with zero attached hydrogens (tertiary/aromatic N) is 1. The molecule has 9 nitrogen and oxygen atoms in total. The first-order valence-corrected chi connectivity index (χ1v) is 17.9. The second-order valence-corrected chi connectivity index (χ2v) is 13.1. The second kappa shape index (κ2) is 19.8. The van der Waals surface area contributed by atoms with Crippen molar-refractivity contribution in [1.82, 2.24) is 0 Å². The van der Waals surface area contributed by atoms with Gasteiger partial charge in [-0.15, -0.1) is 0 Å². The molecular formula is C46H27ClF6N2O7. The van der Waals surface area contributed by atoms with E-state index in [0.29, 0.717) is 28.4 Å². The third kappa shape index (κ3) is 11.1. The summed E-state index contributed by atoms with van der Waals surface area (Å²) in [4.78, 5) is 34.3. The van der Waals surface area contributed by atoms with Crippen molar-refractivity contribution >= 4 is 34.4 Å². The molecule has 0 heterocycles. The van der Waals surface area contributed by atoms with E-state index in [1.807, 2.05) is 6.07 Å². The highest BCUT2D eigenvalue weighted by Crippen LogP contribution is 2.31. The maximum Gasteiger partial charge on any atom is 0.339 e. The highest BCUT2D eigenvalue weighted by molar-refractivity contribution is 6.68. The van der Waals surface area contributed by atoms with E-state index in [0.717, 1.165) is 42.5 Å². The lowest BCUT2D eigenvalue weighted by Gasteiger charge is -2.10. The van der Waals surface area contributed by atoms with Gasteiger partial charge in [-0.2, -0.15) is 5.26 Å². The third-order valence-electron chi connectivity index (χ3n) is 8.65. The summed E-state index contributed by atoms with van der Waals surface area (Å²) in [6.07, 6.45) is 0. The van der Waals surface area contributed by atoms with Gasteiger partial charge in [-0.1, -0.05) is 24.3 Å². The lowest BCUT2D eigenvalue weighted by Crippen LogP contribution is -2.12. The first-order valence-electron chi connectivity index (χ1n) is 17.6. The van der Waals surface area contributed by atoms with Crippen molar-refractivity contribution in [2.45, 2.75) is 0 Å². The number of carbonyl (C=O) groups excluding carboxylic acids is 2. The van der Waals surface area contributed by atoms with Crippen LogP contribution < -0.4 is 5.32 Å². The number of phenolic OH excluding ortho intramolecular Hbond substituents is 2. The van der Waals surface area contributed by atoms with Gasteiger partial charge in [0.15, 0.2) is 0 Å². The summed E-state index contributed by atoms with van der Waals surface area (Å²) in [7, 11) is 0. The molecule has 0 aliphatic rings. The Morgan fingerprint density at radius 1 is 0.516 bits per heavy atom. The van der Waals surface area contributed by atoms with E-state index < -0.39 is 57.8 Å². The minimum atomic E-state index is -1.32. The first kappa shape index (κ1) is 45.0. The molecule has 7 aromatic carbocycles. The molecule has 0 aliphatic carbocycles. The predicted octanol–water partition coefficient (Wildman–Crippen LogP) is 11.2. The van der Waals surface area contributed by atoms with Crippen molar-refractivity contribution in [1.29, 1.82) is 5.26 Å². The number of aromatic hydroxyl groups is 3. The van der Waals surface area contributed by atoms with Crippen molar-refractivity contribution in [3.63, 3.8) is 0 Å². The van der Waals surface area contributed by atoms with E-state index in [9.17, 15) is 56.0 Å². The van der Waals surface area contributed by atoms with Crippen LogP contribution in [-0.2, 0) is 0 Å². The minimum Gasteiger partial charge on any atom is -0.507 e. The zero-order valence-electron chi connectivity index (χ0n) is 31.3. The van der Waals surface area contributed by atoms with Crippen LogP contribution in [-0.4, -0.2) is 37.5 Å². The Bertz CT molecular complexity index is 2790. The Hall–Kier alpha value is -8.09.